The zero-order valence-electron chi connectivity index (χ0n) is 19.6. The Morgan fingerprint density at radius 2 is 1.84 bits per heavy atom. The fourth-order valence-corrected chi connectivity index (χ4v) is 7.73. The number of aromatic hydroxyl groups is 1. The van der Waals surface area contributed by atoms with Crippen molar-refractivity contribution in [2.75, 3.05) is 19.7 Å². The average molecular weight is 616 g/mol. The minimum atomic E-state index is -2.01. The van der Waals surface area contributed by atoms with Crippen LogP contribution in [-0.2, 0) is 23.9 Å². The number of ether oxygens (including phenoxy) is 2. The van der Waals surface area contributed by atoms with Crippen molar-refractivity contribution < 1.29 is 38.6 Å². The normalized spacial score (nSPS) is 34.7. The number of likely N-dealkylation sites (tertiary alicyclic amines) is 2. The molecule has 37 heavy (non-hydrogen) atoms. The van der Waals surface area contributed by atoms with Gasteiger partial charge in [-0.15, -0.1) is 23.2 Å². The van der Waals surface area contributed by atoms with Crippen LogP contribution < -0.4 is 4.74 Å². The van der Waals surface area contributed by atoms with Gasteiger partial charge in [0.25, 0.3) is 11.8 Å². The predicted octanol–water partition coefficient (Wildman–Crippen LogP) is 2.88. The van der Waals surface area contributed by atoms with Crippen molar-refractivity contribution in [2.24, 2.45) is 17.8 Å². The van der Waals surface area contributed by atoms with Crippen LogP contribution in [0, 0.1) is 17.8 Å². The second-order valence-electron chi connectivity index (χ2n) is 9.39. The number of rotatable bonds is 3. The first-order valence-electron chi connectivity index (χ1n) is 11.3. The maximum absolute atomic E-state index is 13.7. The van der Waals surface area contributed by atoms with Crippen LogP contribution in [0.1, 0.15) is 24.3 Å². The van der Waals surface area contributed by atoms with Crippen LogP contribution in [0.2, 0.25) is 0 Å². The molecule has 0 radical (unpaired) electrons. The molecule has 0 aromatic heterocycles. The number of methoxy groups -OCH3 is 2. The molecule has 0 bridgehead atoms. The molecule has 5 amide bonds. The molecule has 2 aliphatic heterocycles. The fourth-order valence-electron chi connectivity index (χ4n) is 6.31. The lowest BCUT2D eigenvalue weighted by molar-refractivity contribution is -0.140. The molecule has 6 unspecified atom stereocenters. The SMILES string of the molecule is COC(=O)N1C(=O)C2CC=C3C(CC4(Cl)C(=O)N(CBr)C(=O)C4(Cl)C3c3ccc(O)cc3OC)C2C1=O. The number of allylic oxidation sites excluding steroid dienone is 2. The zero-order chi connectivity index (χ0) is 27.0. The van der Waals surface area contributed by atoms with Crippen molar-refractivity contribution in [2.45, 2.75) is 28.5 Å². The summed E-state index contributed by atoms with van der Waals surface area (Å²) >= 11 is 17.4. The minimum absolute atomic E-state index is 0.0953. The zero-order valence-corrected chi connectivity index (χ0v) is 22.7. The lowest BCUT2D eigenvalue weighted by Gasteiger charge is -2.50. The van der Waals surface area contributed by atoms with E-state index in [0.29, 0.717) is 16.0 Å². The van der Waals surface area contributed by atoms with Crippen LogP contribution in [0.5, 0.6) is 11.5 Å². The van der Waals surface area contributed by atoms with Crippen LogP contribution in [0.3, 0.4) is 0 Å². The maximum atomic E-state index is 13.7. The summed E-state index contributed by atoms with van der Waals surface area (Å²) in [6.07, 6.45) is 0.509. The van der Waals surface area contributed by atoms with E-state index >= 15 is 0 Å². The summed E-state index contributed by atoms with van der Waals surface area (Å²) in [5.41, 5.74) is 0.743. The Kier molecular flexibility index (Phi) is 6.12. The number of nitrogens with zero attached hydrogens (tertiary/aromatic N) is 2. The van der Waals surface area contributed by atoms with Gasteiger partial charge in [-0.25, -0.2) is 4.79 Å². The van der Waals surface area contributed by atoms with E-state index in [-0.39, 0.29) is 29.8 Å². The van der Waals surface area contributed by atoms with E-state index in [1.165, 1.54) is 25.3 Å². The number of halogens is 3. The highest BCUT2D eigenvalue weighted by atomic mass is 79.9. The molecule has 2 aliphatic carbocycles. The highest BCUT2D eigenvalue weighted by molar-refractivity contribution is 9.09. The van der Waals surface area contributed by atoms with Gasteiger partial charge >= 0.3 is 6.09 Å². The molecule has 6 atom stereocenters. The summed E-state index contributed by atoms with van der Waals surface area (Å²) in [5, 5.41) is 10.0. The summed E-state index contributed by atoms with van der Waals surface area (Å²) in [5.74, 6) is -6.58. The highest BCUT2D eigenvalue weighted by Gasteiger charge is 2.76. The Hall–Kier alpha value is -2.63. The molecule has 5 rings (SSSR count). The van der Waals surface area contributed by atoms with Crippen LogP contribution >= 0.6 is 39.1 Å². The van der Waals surface area contributed by atoms with Crippen LogP contribution in [0.15, 0.2) is 29.8 Å². The molecular formula is C24H21BrCl2N2O8. The molecule has 3 fully saturated rings. The standard InChI is InChI=1S/C24H21BrCl2N2O8/c1-36-15-7-10(30)3-4-12(15)17-11-5-6-13-16(19(32)29(18(13)31)22(35)37-2)14(11)8-23(26)20(33)28(9-25)21(34)24(17,23)27/h3-5,7,13-14,16-17,30H,6,8-9H2,1-2H3. The van der Waals surface area contributed by atoms with Crippen molar-refractivity contribution in [1.82, 2.24) is 9.80 Å². The summed E-state index contributed by atoms with van der Waals surface area (Å²) in [6.45, 7) is 0. The molecule has 1 aromatic rings. The van der Waals surface area contributed by atoms with E-state index in [1.807, 2.05) is 0 Å². The first kappa shape index (κ1) is 26.0. The lowest BCUT2D eigenvalue weighted by Crippen LogP contribution is -2.60. The number of imide groups is 4. The van der Waals surface area contributed by atoms with Gasteiger partial charge in [-0.2, -0.15) is 4.90 Å². The van der Waals surface area contributed by atoms with Gasteiger partial charge in [0, 0.05) is 17.5 Å². The molecule has 196 valence electrons. The summed E-state index contributed by atoms with van der Waals surface area (Å²) < 4.78 is 10.1. The van der Waals surface area contributed by atoms with Gasteiger partial charge in [0.1, 0.15) is 11.5 Å². The Bertz CT molecular complexity index is 1300. The summed E-state index contributed by atoms with van der Waals surface area (Å²) in [6, 6.07) is 4.25. The molecule has 10 nitrogen and oxygen atoms in total. The first-order chi connectivity index (χ1) is 17.5. The van der Waals surface area contributed by atoms with Gasteiger partial charge in [0.15, 0.2) is 9.75 Å². The van der Waals surface area contributed by atoms with Gasteiger partial charge in [-0.1, -0.05) is 33.6 Å². The molecule has 0 spiro atoms. The number of carbonyl (C=O) groups is 5. The molecule has 1 saturated carbocycles. The number of phenolic OH excluding ortho intramolecular Hbond substituents is 1. The summed E-state index contributed by atoms with van der Waals surface area (Å²) in [7, 11) is 2.44. The predicted molar refractivity (Wildman–Crippen MR) is 132 cm³/mol. The Labute approximate surface area is 229 Å². The second-order valence-corrected chi connectivity index (χ2v) is 11.1. The van der Waals surface area contributed by atoms with E-state index in [2.05, 4.69) is 20.7 Å². The molecule has 1 aromatic carbocycles. The van der Waals surface area contributed by atoms with Gasteiger partial charge in [0.2, 0.25) is 11.8 Å². The van der Waals surface area contributed by atoms with Gasteiger partial charge in [-0.3, -0.25) is 24.1 Å². The number of phenols is 1. The van der Waals surface area contributed by atoms with Crippen LogP contribution in [0.25, 0.3) is 0 Å². The third-order valence-electron chi connectivity index (χ3n) is 7.90. The average Bonchev–Trinajstić information content (AvgIpc) is 3.21. The maximum Gasteiger partial charge on any atom is 0.423 e. The van der Waals surface area contributed by atoms with E-state index in [4.69, 9.17) is 27.9 Å². The van der Waals surface area contributed by atoms with E-state index in [0.717, 1.165) is 12.0 Å². The van der Waals surface area contributed by atoms with E-state index in [9.17, 15) is 29.1 Å². The smallest absolute Gasteiger partial charge is 0.423 e. The first-order valence-corrected chi connectivity index (χ1v) is 13.2. The minimum Gasteiger partial charge on any atom is -0.508 e. The van der Waals surface area contributed by atoms with Crippen molar-refractivity contribution in [3.63, 3.8) is 0 Å². The summed E-state index contributed by atoms with van der Waals surface area (Å²) in [4.78, 5) is 63.4. The van der Waals surface area contributed by atoms with Crippen molar-refractivity contribution in [3.8, 4) is 11.5 Å². The number of carbonyl (C=O) groups excluding carboxylic acids is 5. The lowest BCUT2D eigenvalue weighted by atomic mass is 9.56. The number of benzene rings is 1. The fraction of sp³-hybridized carbons (Fsp3) is 0.458. The Morgan fingerprint density at radius 1 is 1.14 bits per heavy atom. The molecule has 13 heteroatoms. The third kappa shape index (κ3) is 3.20. The van der Waals surface area contributed by atoms with Gasteiger partial charge < -0.3 is 14.6 Å². The molecule has 1 N–H and O–H groups in total. The monoisotopic (exact) mass is 614 g/mol. The van der Waals surface area contributed by atoms with Crippen LogP contribution in [0.4, 0.5) is 4.79 Å². The Morgan fingerprint density at radius 3 is 2.46 bits per heavy atom. The highest BCUT2D eigenvalue weighted by Crippen LogP contribution is 2.66. The number of hydrogen-bond acceptors (Lipinski definition) is 8. The number of hydrogen-bond donors (Lipinski definition) is 1. The second kappa shape index (κ2) is 8.71. The molecule has 2 heterocycles. The van der Waals surface area contributed by atoms with Crippen molar-refractivity contribution >= 4 is 68.9 Å². The molecule has 4 aliphatic rings. The molecular weight excluding hydrogens is 595 g/mol. The van der Waals surface area contributed by atoms with Gasteiger partial charge in [0.05, 0.1) is 31.5 Å². The van der Waals surface area contributed by atoms with Gasteiger partial charge in [-0.05, 0) is 24.8 Å². The Balaban J connectivity index is 1.74. The van der Waals surface area contributed by atoms with E-state index < -0.39 is 63.1 Å². The van der Waals surface area contributed by atoms with E-state index in [1.54, 1.807) is 6.08 Å². The van der Waals surface area contributed by atoms with Crippen molar-refractivity contribution in [3.05, 3.63) is 35.4 Å². The topological polar surface area (TPSA) is 131 Å². The number of fused-ring (bicyclic) bond motifs is 4. The van der Waals surface area contributed by atoms with Crippen LogP contribution in [-0.4, -0.2) is 74.1 Å². The number of alkyl halides is 3. The largest absolute Gasteiger partial charge is 0.508 e. The number of amides is 5. The third-order valence-corrected chi connectivity index (χ3v) is 9.81. The quantitative estimate of drug-likeness (QED) is 0.238. The van der Waals surface area contributed by atoms with Crippen molar-refractivity contribution in [1.29, 1.82) is 0 Å². The molecule has 2 saturated heterocycles.